The Morgan fingerprint density at radius 3 is 2.11 bits per heavy atom. The summed E-state index contributed by atoms with van der Waals surface area (Å²) >= 11 is 0. The maximum absolute atomic E-state index is 12.6. The van der Waals surface area contributed by atoms with Gasteiger partial charge in [0.2, 0.25) is 0 Å². The van der Waals surface area contributed by atoms with E-state index >= 15 is 0 Å². The molecule has 3 aromatic carbocycles. The van der Waals surface area contributed by atoms with Gasteiger partial charge in [0, 0.05) is 11.1 Å². The molecule has 27 heavy (non-hydrogen) atoms. The first-order valence-corrected chi connectivity index (χ1v) is 9.23. The lowest BCUT2D eigenvalue weighted by Crippen LogP contribution is -2.24. The van der Waals surface area contributed by atoms with Gasteiger partial charge in [0.1, 0.15) is 5.71 Å². The standard InChI is InChI=1S/C19H14F3NO3S/c1-13-11-12-17(16-10-6-5-9-15(13)16)18(14-7-3-2-4-8-14)23-26-27(24,25)19(20,21)22/h2-12H,1H3/b23-18-. The molecule has 0 fully saturated rings. The van der Waals surface area contributed by atoms with Crippen LogP contribution in [0.2, 0.25) is 0 Å². The van der Waals surface area contributed by atoms with E-state index in [1.54, 1.807) is 54.6 Å². The van der Waals surface area contributed by atoms with Gasteiger partial charge in [-0.15, -0.1) is 0 Å². The van der Waals surface area contributed by atoms with Crippen molar-refractivity contribution in [1.82, 2.24) is 0 Å². The molecule has 0 amide bonds. The summed E-state index contributed by atoms with van der Waals surface area (Å²) in [6.45, 7) is 1.90. The highest BCUT2D eigenvalue weighted by molar-refractivity contribution is 7.87. The molecule has 0 aliphatic heterocycles. The van der Waals surface area contributed by atoms with Gasteiger partial charge in [-0.05, 0) is 23.3 Å². The third-order valence-corrected chi connectivity index (χ3v) is 4.79. The quantitative estimate of drug-likeness (QED) is 0.365. The van der Waals surface area contributed by atoms with Crippen LogP contribution < -0.4 is 0 Å². The van der Waals surface area contributed by atoms with Gasteiger partial charge >= 0.3 is 15.6 Å². The number of rotatable bonds is 4. The van der Waals surface area contributed by atoms with E-state index in [9.17, 15) is 21.6 Å². The number of hydrogen-bond acceptors (Lipinski definition) is 4. The van der Waals surface area contributed by atoms with E-state index in [-0.39, 0.29) is 5.71 Å². The van der Waals surface area contributed by atoms with Gasteiger partial charge < -0.3 is 0 Å². The predicted molar refractivity (Wildman–Crippen MR) is 96.8 cm³/mol. The zero-order valence-electron chi connectivity index (χ0n) is 14.1. The molecule has 0 N–H and O–H groups in total. The lowest BCUT2D eigenvalue weighted by atomic mass is 9.94. The number of oxime groups is 1. The molecule has 0 saturated heterocycles. The van der Waals surface area contributed by atoms with Crippen molar-refractivity contribution in [2.75, 3.05) is 0 Å². The Bertz CT molecular complexity index is 1110. The third kappa shape index (κ3) is 3.80. The number of halogens is 3. The van der Waals surface area contributed by atoms with E-state index in [2.05, 4.69) is 9.44 Å². The second kappa shape index (κ2) is 7.03. The molecule has 0 saturated carbocycles. The average molecular weight is 393 g/mol. The summed E-state index contributed by atoms with van der Waals surface area (Å²) in [6, 6.07) is 19.0. The predicted octanol–water partition coefficient (Wildman–Crippen LogP) is 4.77. The number of fused-ring (bicyclic) bond motifs is 1. The van der Waals surface area contributed by atoms with Gasteiger partial charge in [-0.1, -0.05) is 71.9 Å². The fourth-order valence-electron chi connectivity index (χ4n) is 2.64. The fourth-order valence-corrected chi connectivity index (χ4v) is 2.90. The van der Waals surface area contributed by atoms with Crippen LogP contribution in [-0.2, 0) is 14.4 Å². The van der Waals surface area contributed by atoms with E-state index in [0.29, 0.717) is 16.5 Å². The molecule has 3 rings (SSSR count). The Labute approximate surface area is 154 Å². The molecule has 3 aromatic rings. The molecule has 8 heteroatoms. The Balaban J connectivity index is 2.22. The van der Waals surface area contributed by atoms with Gasteiger partial charge in [-0.3, -0.25) is 4.28 Å². The van der Waals surface area contributed by atoms with Crippen molar-refractivity contribution < 1.29 is 25.9 Å². The second-order valence-corrected chi connectivity index (χ2v) is 7.28. The van der Waals surface area contributed by atoms with Crippen LogP contribution in [0.1, 0.15) is 16.7 Å². The Kier molecular flexibility index (Phi) is 4.93. The van der Waals surface area contributed by atoms with Gasteiger partial charge in [0.05, 0.1) is 0 Å². The molecular weight excluding hydrogens is 379 g/mol. The lowest BCUT2D eigenvalue weighted by Gasteiger charge is -2.12. The van der Waals surface area contributed by atoms with Crippen LogP contribution >= 0.6 is 0 Å². The van der Waals surface area contributed by atoms with Crippen LogP contribution in [0.4, 0.5) is 13.2 Å². The van der Waals surface area contributed by atoms with Crippen LogP contribution in [0.25, 0.3) is 10.8 Å². The molecule has 0 radical (unpaired) electrons. The summed E-state index contributed by atoms with van der Waals surface area (Å²) in [5.74, 6) is 0. The number of nitrogens with zero attached hydrogens (tertiary/aromatic N) is 1. The van der Waals surface area contributed by atoms with Crippen molar-refractivity contribution in [3.8, 4) is 0 Å². The van der Waals surface area contributed by atoms with Crippen LogP contribution in [0.3, 0.4) is 0 Å². The normalized spacial score (nSPS) is 13.0. The minimum atomic E-state index is -5.86. The smallest absolute Gasteiger partial charge is 0.261 e. The van der Waals surface area contributed by atoms with E-state index in [1.165, 1.54) is 0 Å². The van der Waals surface area contributed by atoms with Crippen LogP contribution in [0.5, 0.6) is 0 Å². The average Bonchev–Trinajstić information content (AvgIpc) is 2.63. The summed E-state index contributed by atoms with van der Waals surface area (Å²) in [5, 5.41) is 4.98. The Hall–Kier alpha value is -2.87. The van der Waals surface area contributed by atoms with Crippen molar-refractivity contribution >= 4 is 26.6 Å². The van der Waals surface area contributed by atoms with E-state index in [0.717, 1.165) is 10.9 Å². The van der Waals surface area contributed by atoms with Crippen molar-refractivity contribution in [2.24, 2.45) is 5.16 Å². The number of benzene rings is 3. The van der Waals surface area contributed by atoms with Crippen LogP contribution in [0, 0.1) is 6.92 Å². The summed E-state index contributed by atoms with van der Waals surface area (Å²) in [6.07, 6.45) is 0. The first kappa shape index (κ1) is 18.9. The minimum Gasteiger partial charge on any atom is -0.261 e. The number of aryl methyl sites for hydroxylation is 1. The Morgan fingerprint density at radius 2 is 1.48 bits per heavy atom. The Morgan fingerprint density at radius 1 is 0.889 bits per heavy atom. The number of hydrogen-bond donors (Lipinski definition) is 0. The van der Waals surface area contributed by atoms with Crippen LogP contribution in [-0.4, -0.2) is 19.6 Å². The van der Waals surface area contributed by atoms with Crippen molar-refractivity contribution in [3.05, 3.63) is 83.4 Å². The molecule has 0 unspecified atom stereocenters. The highest BCUT2D eigenvalue weighted by Crippen LogP contribution is 2.28. The molecule has 0 aliphatic carbocycles. The summed E-state index contributed by atoms with van der Waals surface area (Å²) in [5.41, 5.74) is -3.73. The fraction of sp³-hybridized carbons (Fsp3) is 0.105. The largest absolute Gasteiger partial charge is 0.536 e. The molecule has 0 spiro atoms. The molecule has 0 aliphatic rings. The highest BCUT2D eigenvalue weighted by atomic mass is 32.2. The molecule has 0 atom stereocenters. The van der Waals surface area contributed by atoms with Gasteiger partial charge in [0.25, 0.3) is 0 Å². The van der Waals surface area contributed by atoms with Gasteiger partial charge in [-0.2, -0.15) is 21.6 Å². The highest BCUT2D eigenvalue weighted by Gasteiger charge is 2.49. The summed E-state index contributed by atoms with van der Waals surface area (Å²) < 4.78 is 64.4. The first-order valence-electron chi connectivity index (χ1n) is 7.83. The molecular formula is C19H14F3NO3S. The van der Waals surface area contributed by atoms with Gasteiger partial charge in [-0.25, -0.2) is 0 Å². The van der Waals surface area contributed by atoms with Crippen LogP contribution in [0.15, 0.2) is 71.9 Å². The molecule has 0 aromatic heterocycles. The zero-order valence-corrected chi connectivity index (χ0v) is 14.9. The van der Waals surface area contributed by atoms with Crippen molar-refractivity contribution in [3.63, 3.8) is 0 Å². The number of alkyl halides is 3. The topological polar surface area (TPSA) is 55.7 Å². The maximum Gasteiger partial charge on any atom is 0.536 e. The first-order chi connectivity index (χ1) is 12.7. The van der Waals surface area contributed by atoms with Crippen molar-refractivity contribution in [1.29, 1.82) is 0 Å². The molecule has 4 nitrogen and oxygen atoms in total. The third-order valence-electron chi connectivity index (χ3n) is 3.95. The monoisotopic (exact) mass is 393 g/mol. The van der Waals surface area contributed by atoms with E-state index in [1.807, 2.05) is 19.1 Å². The zero-order chi connectivity index (χ0) is 19.7. The van der Waals surface area contributed by atoms with E-state index < -0.39 is 15.6 Å². The SMILES string of the molecule is Cc1ccc(/C(=N\OS(=O)(=O)C(F)(F)F)c2ccccc2)c2ccccc12. The molecule has 0 heterocycles. The van der Waals surface area contributed by atoms with Gasteiger partial charge in [0.15, 0.2) is 0 Å². The molecule has 140 valence electrons. The minimum absolute atomic E-state index is 0.0142. The summed E-state index contributed by atoms with van der Waals surface area (Å²) in [7, 11) is -5.86. The second-order valence-electron chi connectivity index (χ2n) is 5.76. The van der Waals surface area contributed by atoms with Crippen molar-refractivity contribution in [2.45, 2.75) is 12.4 Å². The lowest BCUT2D eigenvalue weighted by molar-refractivity contribution is -0.0540. The molecule has 0 bridgehead atoms. The maximum atomic E-state index is 12.6. The summed E-state index contributed by atoms with van der Waals surface area (Å²) in [4.78, 5) is 0. The van der Waals surface area contributed by atoms with E-state index in [4.69, 9.17) is 0 Å².